The lowest BCUT2D eigenvalue weighted by Gasteiger charge is -2.16. The molecule has 0 amide bonds. The lowest BCUT2D eigenvalue weighted by molar-refractivity contribution is -0.106. The number of ether oxygens (including phenoxy) is 5. The molecule has 24 heavy (non-hydrogen) atoms. The number of methoxy groups -OCH3 is 4. The van der Waals surface area contributed by atoms with Gasteiger partial charge in [-0.3, -0.25) is 4.79 Å². The lowest BCUT2D eigenvalue weighted by Crippen LogP contribution is -2.03. The summed E-state index contributed by atoms with van der Waals surface area (Å²) in [7, 11) is 6.15. The van der Waals surface area contributed by atoms with Crippen molar-refractivity contribution in [3.8, 4) is 23.0 Å². The molecule has 6 heteroatoms. The largest absolute Gasteiger partial charge is 0.493 e. The zero-order valence-corrected chi connectivity index (χ0v) is 14.1. The van der Waals surface area contributed by atoms with Gasteiger partial charge in [0, 0.05) is 25.3 Å². The van der Waals surface area contributed by atoms with Crippen molar-refractivity contribution in [3.63, 3.8) is 0 Å². The van der Waals surface area contributed by atoms with Crippen LogP contribution in [0.4, 0.5) is 0 Å². The first-order valence-corrected chi connectivity index (χ1v) is 7.21. The number of carbonyl (C=O) groups is 1. The number of hydrogen-bond donors (Lipinski definition) is 0. The summed E-state index contributed by atoms with van der Waals surface area (Å²) in [4.78, 5) is 11.1. The molecule has 6 nitrogen and oxygen atoms in total. The van der Waals surface area contributed by atoms with Crippen molar-refractivity contribution >= 4 is 6.29 Å². The third-order valence-corrected chi connectivity index (χ3v) is 3.41. The van der Waals surface area contributed by atoms with E-state index in [4.69, 9.17) is 23.7 Å². The van der Waals surface area contributed by atoms with Gasteiger partial charge in [-0.25, -0.2) is 0 Å². The van der Waals surface area contributed by atoms with Crippen molar-refractivity contribution in [2.45, 2.75) is 6.29 Å². The van der Waals surface area contributed by atoms with E-state index in [1.54, 1.807) is 38.5 Å². The van der Waals surface area contributed by atoms with Gasteiger partial charge in [0.1, 0.15) is 12.0 Å². The van der Waals surface area contributed by atoms with E-state index in [2.05, 4.69) is 0 Å². The molecule has 0 aromatic heterocycles. The van der Waals surface area contributed by atoms with Gasteiger partial charge in [-0.1, -0.05) is 12.1 Å². The van der Waals surface area contributed by atoms with Crippen LogP contribution in [0.15, 0.2) is 36.4 Å². The molecule has 2 aromatic rings. The maximum Gasteiger partial charge on any atom is 0.203 e. The fraction of sp³-hybridized carbons (Fsp3) is 0.278. The van der Waals surface area contributed by atoms with Gasteiger partial charge in [0.25, 0.3) is 0 Å². The minimum atomic E-state index is -0.438. The standard InChI is InChI=1S/C18H20O6/c1-20-15-9-12(11-19)10-16(17(15)21-2)24-14-7-5-13(6-8-14)18(22-3)23-4/h5-11,18H,1-4H3. The quantitative estimate of drug-likeness (QED) is 0.544. The zero-order valence-electron chi connectivity index (χ0n) is 14.1. The van der Waals surface area contributed by atoms with Gasteiger partial charge >= 0.3 is 0 Å². The zero-order chi connectivity index (χ0) is 17.5. The lowest BCUT2D eigenvalue weighted by atomic mass is 10.2. The number of aldehydes is 1. The van der Waals surface area contributed by atoms with E-state index in [0.717, 1.165) is 11.8 Å². The van der Waals surface area contributed by atoms with Crippen molar-refractivity contribution in [2.24, 2.45) is 0 Å². The summed E-state index contributed by atoms with van der Waals surface area (Å²) >= 11 is 0. The molecule has 2 aromatic carbocycles. The third-order valence-electron chi connectivity index (χ3n) is 3.41. The Balaban J connectivity index is 2.31. The molecule has 0 N–H and O–H groups in total. The molecule has 0 bridgehead atoms. The normalized spacial score (nSPS) is 10.5. The van der Waals surface area contributed by atoms with E-state index in [1.807, 2.05) is 12.1 Å². The first-order chi connectivity index (χ1) is 11.7. The van der Waals surface area contributed by atoms with Crippen LogP contribution in [0.2, 0.25) is 0 Å². The van der Waals surface area contributed by atoms with Crippen LogP contribution in [-0.4, -0.2) is 34.7 Å². The Bertz CT molecular complexity index is 677. The van der Waals surface area contributed by atoms with Crippen LogP contribution in [0.3, 0.4) is 0 Å². The van der Waals surface area contributed by atoms with Crippen molar-refractivity contribution in [1.29, 1.82) is 0 Å². The summed E-state index contributed by atoms with van der Waals surface area (Å²) in [5, 5.41) is 0. The maximum absolute atomic E-state index is 11.1. The predicted octanol–water partition coefficient (Wildman–Crippen LogP) is 3.60. The van der Waals surface area contributed by atoms with Crippen LogP contribution < -0.4 is 14.2 Å². The molecule has 0 saturated carbocycles. The van der Waals surface area contributed by atoms with E-state index in [0.29, 0.717) is 28.6 Å². The average molecular weight is 332 g/mol. The van der Waals surface area contributed by atoms with Crippen LogP contribution in [-0.2, 0) is 9.47 Å². The number of carbonyl (C=O) groups excluding carboxylic acids is 1. The van der Waals surface area contributed by atoms with Gasteiger partial charge in [0.2, 0.25) is 5.75 Å². The Morgan fingerprint density at radius 2 is 1.50 bits per heavy atom. The molecule has 0 aliphatic rings. The minimum Gasteiger partial charge on any atom is -0.493 e. The molecule has 0 aliphatic heterocycles. The summed E-state index contributed by atoms with van der Waals surface area (Å²) in [5.41, 5.74) is 1.29. The van der Waals surface area contributed by atoms with Gasteiger partial charge in [-0.15, -0.1) is 0 Å². The van der Waals surface area contributed by atoms with E-state index in [1.165, 1.54) is 14.2 Å². The molecule has 0 unspecified atom stereocenters. The Kier molecular flexibility index (Phi) is 6.17. The van der Waals surface area contributed by atoms with Gasteiger partial charge in [-0.2, -0.15) is 0 Å². The second-order valence-corrected chi connectivity index (χ2v) is 4.85. The van der Waals surface area contributed by atoms with Gasteiger partial charge in [0.15, 0.2) is 17.8 Å². The molecule has 128 valence electrons. The Hall–Kier alpha value is -2.57. The van der Waals surface area contributed by atoms with Crippen LogP contribution in [0, 0.1) is 0 Å². The van der Waals surface area contributed by atoms with Crippen LogP contribution in [0.1, 0.15) is 22.2 Å². The molecule has 0 aliphatic carbocycles. The summed E-state index contributed by atoms with van der Waals surface area (Å²) in [6.45, 7) is 0. The van der Waals surface area contributed by atoms with Crippen molar-refractivity contribution in [1.82, 2.24) is 0 Å². The highest BCUT2D eigenvalue weighted by atomic mass is 16.7. The maximum atomic E-state index is 11.1. The van der Waals surface area contributed by atoms with Crippen LogP contribution >= 0.6 is 0 Å². The van der Waals surface area contributed by atoms with Gasteiger partial charge in [-0.05, 0) is 24.3 Å². The molecule has 0 radical (unpaired) electrons. The SMILES string of the molecule is COc1cc(C=O)cc(Oc2ccc(C(OC)OC)cc2)c1OC. The van der Waals surface area contributed by atoms with Crippen molar-refractivity contribution in [2.75, 3.05) is 28.4 Å². The molecule has 0 atom stereocenters. The topological polar surface area (TPSA) is 63.2 Å². The molecule has 2 rings (SSSR count). The van der Waals surface area contributed by atoms with E-state index in [9.17, 15) is 4.79 Å². The molecular weight excluding hydrogens is 312 g/mol. The van der Waals surface area contributed by atoms with Gasteiger partial charge < -0.3 is 23.7 Å². The fourth-order valence-electron chi connectivity index (χ4n) is 2.28. The number of benzene rings is 2. The average Bonchev–Trinajstić information content (AvgIpc) is 2.63. The molecule has 0 fully saturated rings. The molecule has 0 saturated heterocycles. The van der Waals surface area contributed by atoms with Crippen molar-refractivity contribution in [3.05, 3.63) is 47.5 Å². The highest BCUT2D eigenvalue weighted by molar-refractivity contribution is 5.78. The van der Waals surface area contributed by atoms with Gasteiger partial charge in [0.05, 0.1) is 14.2 Å². The highest BCUT2D eigenvalue weighted by Gasteiger charge is 2.15. The number of hydrogen-bond acceptors (Lipinski definition) is 6. The fourth-order valence-corrected chi connectivity index (χ4v) is 2.28. The summed E-state index contributed by atoms with van der Waals surface area (Å²) in [5.74, 6) is 1.81. The minimum absolute atomic E-state index is 0.390. The second kappa shape index (κ2) is 8.33. The third kappa shape index (κ3) is 3.84. The molecule has 0 heterocycles. The molecule has 0 spiro atoms. The summed E-state index contributed by atoms with van der Waals surface area (Å²) < 4.78 is 26.8. The monoisotopic (exact) mass is 332 g/mol. The second-order valence-electron chi connectivity index (χ2n) is 4.85. The Labute approximate surface area is 140 Å². The Morgan fingerprint density at radius 1 is 0.875 bits per heavy atom. The summed E-state index contributed by atoms with van der Waals surface area (Å²) in [6.07, 6.45) is 0.284. The van der Waals surface area contributed by atoms with Crippen LogP contribution in [0.25, 0.3) is 0 Å². The Morgan fingerprint density at radius 3 is 2.00 bits per heavy atom. The highest BCUT2D eigenvalue weighted by Crippen LogP contribution is 2.40. The predicted molar refractivity (Wildman–Crippen MR) is 88.2 cm³/mol. The molecular formula is C18H20O6. The first-order valence-electron chi connectivity index (χ1n) is 7.21. The van der Waals surface area contributed by atoms with E-state index >= 15 is 0 Å². The number of rotatable bonds is 8. The smallest absolute Gasteiger partial charge is 0.203 e. The first kappa shape index (κ1) is 17.8. The van der Waals surface area contributed by atoms with E-state index in [-0.39, 0.29) is 0 Å². The summed E-state index contributed by atoms with van der Waals surface area (Å²) in [6, 6.07) is 10.4. The van der Waals surface area contributed by atoms with E-state index < -0.39 is 6.29 Å². The van der Waals surface area contributed by atoms with Crippen LogP contribution in [0.5, 0.6) is 23.0 Å². The van der Waals surface area contributed by atoms with Crippen molar-refractivity contribution < 1.29 is 28.5 Å².